The van der Waals surface area contributed by atoms with Gasteiger partial charge in [0.05, 0.1) is 10.5 Å². The molecule has 7 nitrogen and oxygen atoms in total. The number of hydrogen-bond donors (Lipinski definition) is 2. The minimum absolute atomic E-state index is 0.314. The van der Waals surface area contributed by atoms with E-state index in [-0.39, 0.29) is 0 Å². The minimum atomic E-state index is -1.91. The van der Waals surface area contributed by atoms with Gasteiger partial charge in [0.2, 0.25) is 5.82 Å². The number of halogens is 1. The van der Waals surface area contributed by atoms with E-state index in [0.29, 0.717) is 12.1 Å². The first-order valence-electron chi connectivity index (χ1n) is 3.79. The summed E-state index contributed by atoms with van der Waals surface area (Å²) >= 11 is 0. The van der Waals surface area contributed by atoms with Crippen molar-refractivity contribution in [3.05, 3.63) is 33.6 Å². The Labute approximate surface area is 86.9 Å². The lowest BCUT2D eigenvalue weighted by atomic mass is 10.1. The maximum absolute atomic E-state index is 12.9. The highest BCUT2D eigenvalue weighted by molar-refractivity contribution is 6.40. The number of phenols is 1. The van der Waals surface area contributed by atoms with Crippen molar-refractivity contribution in [2.45, 2.75) is 0 Å². The van der Waals surface area contributed by atoms with Gasteiger partial charge >= 0.3 is 11.7 Å². The van der Waals surface area contributed by atoms with Crippen molar-refractivity contribution in [3.63, 3.8) is 0 Å². The summed E-state index contributed by atoms with van der Waals surface area (Å²) in [5.41, 5.74) is -1.91. The van der Waals surface area contributed by atoms with Gasteiger partial charge in [-0.25, -0.2) is 4.79 Å². The molecule has 0 heterocycles. The Bertz CT molecular complexity index is 498. The molecule has 0 aliphatic heterocycles. The van der Waals surface area contributed by atoms with E-state index in [1.165, 1.54) is 0 Å². The second-order valence-corrected chi connectivity index (χ2v) is 2.71. The van der Waals surface area contributed by atoms with Crippen LogP contribution < -0.4 is 0 Å². The van der Waals surface area contributed by atoms with Crippen LogP contribution in [0.1, 0.15) is 10.4 Å². The van der Waals surface area contributed by atoms with Crippen molar-refractivity contribution < 1.29 is 29.1 Å². The van der Waals surface area contributed by atoms with Crippen molar-refractivity contribution in [2.75, 3.05) is 0 Å². The zero-order chi connectivity index (χ0) is 12.5. The Balaban J connectivity index is 3.41. The molecule has 84 valence electrons. The van der Waals surface area contributed by atoms with Gasteiger partial charge in [-0.2, -0.15) is 4.39 Å². The lowest BCUT2D eigenvalue weighted by Gasteiger charge is -2.01. The van der Waals surface area contributed by atoms with Crippen LogP contribution in [0.2, 0.25) is 0 Å². The van der Waals surface area contributed by atoms with Gasteiger partial charge in [-0.3, -0.25) is 14.9 Å². The van der Waals surface area contributed by atoms with Crippen LogP contribution in [-0.4, -0.2) is 26.9 Å². The molecular weight excluding hydrogens is 225 g/mol. The number of carbonyl (C=O) groups is 2. The van der Waals surface area contributed by atoms with Crippen LogP contribution in [0.3, 0.4) is 0 Å². The number of aliphatic carboxylic acids is 1. The fraction of sp³-hybridized carbons (Fsp3) is 0. The summed E-state index contributed by atoms with van der Waals surface area (Å²) < 4.78 is 12.9. The molecule has 0 atom stereocenters. The van der Waals surface area contributed by atoms with E-state index < -0.39 is 39.5 Å². The number of phenolic OH excluding ortho intramolecular Hbond substituents is 1. The van der Waals surface area contributed by atoms with Crippen LogP contribution in [-0.2, 0) is 4.79 Å². The van der Waals surface area contributed by atoms with E-state index in [9.17, 15) is 24.1 Å². The number of carboxylic acid groups (broad SMARTS) is 1. The molecule has 16 heavy (non-hydrogen) atoms. The van der Waals surface area contributed by atoms with Gasteiger partial charge < -0.3 is 10.2 Å². The summed E-state index contributed by atoms with van der Waals surface area (Å²) in [6.07, 6.45) is 0. The predicted octanol–water partition coefficient (Wildman–Crippen LogP) is 0.707. The fourth-order valence-corrected chi connectivity index (χ4v) is 0.988. The number of hydrogen-bond acceptors (Lipinski definition) is 5. The second-order valence-electron chi connectivity index (χ2n) is 2.71. The molecule has 2 N–H and O–H groups in total. The van der Waals surface area contributed by atoms with Crippen LogP contribution in [0.4, 0.5) is 10.1 Å². The number of ketones is 1. The molecule has 0 fully saturated rings. The molecule has 0 saturated heterocycles. The third-order valence-electron chi connectivity index (χ3n) is 1.70. The quantitative estimate of drug-likeness (QED) is 0.341. The summed E-state index contributed by atoms with van der Waals surface area (Å²) in [5.74, 6) is -5.78. The van der Waals surface area contributed by atoms with Gasteiger partial charge in [-0.1, -0.05) is 0 Å². The molecule has 1 aromatic carbocycles. The van der Waals surface area contributed by atoms with Gasteiger partial charge in [-0.05, 0) is 0 Å². The standard InChI is InChI=1S/C8H4FNO6/c9-4-2-6(11)3(7(12)8(13)14)1-5(4)10(15)16/h1-2,11H,(H,13,14). The van der Waals surface area contributed by atoms with Gasteiger partial charge in [0.15, 0.2) is 0 Å². The van der Waals surface area contributed by atoms with E-state index in [1.54, 1.807) is 0 Å². The SMILES string of the molecule is O=C(O)C(=O)c1cc([N+](=O)[O-])c(F)cc1O. The summed E-state index contributed by atoms with van der Waals surface area (Å²) in [4.78, 5) is 30.4. The largest absolute Gasteiger partial charge is 0.507 e. The molecule has 0 spiro atoms. The zero-order valence-corrected chi connectivity index (χ0v) is 7.51. The topological polar surface area (TPSA) is 118 Å². The number of nitrogens with zero attached hydrogens (tertiary/aromatic N) is 1. The monoisotopic (exact) mass is 229 g/mol. The summed E-state index contributed by atoms with van der Waals surface area (Å²) in [5, 5.41) is 27.7. The minimum Gasteiger partial charge on any atom is -0.507 e. The van der Waals surface area contributed by atoms with Crippen molar-refractivity contribution in [1.29, 1.82) is 0 Å². The van der Waals surface area contributed by atoms with E-state index in [0.717, 1.165) is 0 Å². The van der Waals surface area contributed by atoms with Gasteiger partial charge in [0.1, 0.15) is 5.75 Å². The van der Waals surface area contributed by atoms with Crippen molar-refractivity contribution >= 4 is 17.4 Å². The molecule has 0 unspecified atom stereocenters. The number of rotatable bonds is 3. The Hall–Kier alpha value is -2.51. The maximum Gasteiger partial charge on any atom is 0.377 e. The summed E-state index contributed by atoms with van der Waals surface area (Å²) in [7, 11) is 0. The molecule has 0 aromatic heterocycles. The van der Waals surface area contributed by atoms with Crippen LogP contribution in [0.5, 0.6) is 5.75 Å². The van der Waals surface area contributed by atoms with Crippen LogP contribution >= 0.6 is 0 Å². The highest BCUT2D eigenvalue weighted by Crippen LogP contribution is 2.26. The number of carbonyl (C=O) groups excluding carboxylic acids is 1. The number of carboxylic acids is 1. The van der Waals surface area contributed by atoms with Gasteiger partial charge in [-0.15, -0.1) is 0 Å². The smallest absolute Gasteiger partial charge is 0.377 e. The number of nitro benzene ring substituents is 1. The average molecular weight is 229 g/mol. The Morgan fingerprint density at radius 2 is 1.94 bits per heavy atom. The van der Waals surface area contributed by atoms with Gasteiger partial charge in [0.25, 0.3) is 5.78 Å². The van der Waals surface area contributed by atoms with E-state index >= 15 is 0 Å². The number of benzene rings is 1. The Morgan fingerprint density at radius 3 is 2.38 bits per heavy atom. The van der Waals surface area contributed by atoms with Crippen molar-refractivity contribution in [2.24, 2.45) is 0 Å². The lowest BCUT2D eigenvalue weighted by molar-refractivity contribution is -0.387. The third kappa shape index (κ3) is 1.95. The van der Waals surface area contributed by atoms with Crippen LogP contribution in [0, 0.1) is 15.9 Å². The van der Waals surface area contributed by atoms with Crippen LogP contribution in [0.25, 0.3) is 0 Å². The molecule has 0 aliphatic carbocycles. The third-order valence-corrected chi connectivity index (χ3v) is 1.70. The number of nitro groups is 1. The molecule has 8 heteroatoms. The van der Waals surface area contributed by atoms with Crippen molar-refractivity contribution in [1.82, 2.24) is 0 Å². The van der Waals surface area contributed by atoms with Crippen molar-refractivity contribution in [3.8, 4) is 5.75 Å². The Kier molecular flexibility index (Phi) is 2.84. The Morgan fingerprint density at radius 1 is 1.38 bits per heavy atom. The zero-order valence-electron chi connectivity index (χ0n) is 7.51. The van der Waals surface area contributed by atoms with Crippen LogP contribution in [0.15, 0.2) is 12.1 Å². The second kappa shape index (κ2) is 3.93. The molecule has 0 amide bonds. The molecule has 0 aliphatic rings. The number of aromatic hydroxyl groups is 1. The number of Topliss-reactive ketones (excluding diaryl/α,β-unsaturated/α-hetero) is 1. The molecule has 0 bridgehead atoms. The first-order chi connectivity index (χ1) is 7.34. The normalized spacial score (nSPS) is 9.81. The molecule has 0 radical (unpaired) electrons. The summed E-state index contributed by atoms with van der Waals surface area (Å²) in [6, 6.07) is 0.690. The maximum atomic E-state index is 12.9. The lowest BCUT2D eigenvalue weighted by Crippen LogP contribution is -2.13. The molecular formula is C8H4FNO6. The van der Waals surface area contributed by atoms with E-state index in [2.05, 4.69) is 0 Å². The fourth-order valence-electron chi connectivity index (χ4n) is 0.988. The van der Waals surface area contributed by atoms with Gasteiger partial charge in [0, 0.05) is 12.1 Å². The van der Waals surface area contributed by atoms with E-state index in [1.807, 2.05) is 0 Å². The molecule has 0 saturated carbocycles. The molecule has 1 aromatic rings. The highest BCUT2D eigenvalue weighted by Gasteiger charge is 2.25. The predicted molar refractivity (Wildman–Crippen MR) is 46.7 cm³/mol. The summed E-state index contributed by atoms with van der Waals surface area (Å²) in [6.45, 7) is 0. The molecule has 1 rings (SSSR count). The van der Waals surface area contributed by atoms with E-state index in [4.69, 9.17) is 10.2 Å². The highest BCUT2D eigenvalue weighted by atomic mass is 19.1. The first kappa shape index (κ1) is 11.6. The first-order valence-corrected chi connectivity index (χ1v) is 3.79. The average Bonchev–Trinajstić information content (AvgIpc) is 2.16.